The van der Waals surface area contributed by atoms with Crippen molar-refractivity contribution in [2.45, 2.75) is 6.92 Å². The lowest BCUT2D eigenvalue weighted by molar-refractivity contribution is 0.620. The highest BCUT2D eigenvalue weighted by Crippen LogP contribution is 2.23. The number of nitrogens with zero attached hydrogens (tertiary/aromatic N) is 1. The van der Waals surface area contributed by atoms with Gasteiger partial charge >= 0.3 is 0 Å². The number of benzene rings is 2. The number of aryl methyl sites for hydroxylation is 1. The van der Waals surface area contributed by atoms with E-state index >= 15 is 0 Å². The Hall–Kier alpha value is -1.46. The van der Waals surface area contributed by atoms with Gasteiger partial charge < -0.3 is 4.98 Å². The summed E-state index contributed by atoms with van der Waals surface area (Å²) >= 11 is 8.73. The van der Waals surface area contributed by atoms with E-state index in [0.717, 1.165) is 15.7 Å². The number of rotatable bonds is 1. The van der Waals surface area contributed by atoms with Crippen LogP contribution >= 0.6 is 28.1 Å². The van der Waals surface area contributed by atoms with Gasteiger partial charge in [0.25, 0.3) is 0 Å². The zero-order chi connectivity index (χ0) is 13.6. The quantitative estimate of drug-likeness (QED) is 0.627. The maximum atomic E-state index is 13.6. The predicted octanol–water partition coefficient (Wildman–Crippen LogP) is 4.90. The molecule has 2 nitrogen and oxygen atoms in total. The van der Waals surface area contributed by atoms with Gasteiger partial charge in [-0.3, -0.25) is 4.57 Å². The van der Waals surface area contributed by atoms with Gasteiger partial charge in [-0.15, -0.1) is 0 Å². The topological polar surface area (TPSA) is 20.7 Å². The van der Waals surface area contributed by atoms with Gasteiger partial charge in [-0.1, -0.05) is 15.9 Å². The molecule has 0 atom stereocenters. The second-order valence-electron chi connectivity index (χ2n) is 4.36. The number of imidazole rings is 1. The van der Waals surface area contributed by atoms with Crippen LogP contribution in [-0.4, -0.2) is 9.55 Å². The third-order valence-corrected chi connectivity index (χ3v) is 3.86. The van der Waals surface area contributed by atoms with E-state index in [9.17, 15) is 4.39 Å². The molecule has 0 amide bonds. The highest BCUT2D eigenvalue weighted by molar-refractivity contribution is 9.10. The molecule has 1 N–H and O–H groups in total. The summed E-state index contributed by atoms with van der Waals surface area (Å²) in [5.74, 6) is -0.230. The van der Waals surface area contributed by atoms with E-state index < -0.39 is 0 Å². The normalized spacial score (nSPS) is 11.1. The Kier molecular flexibility index (Phi) is 3.03. The van der Waals surface area contributed by atoms with Crippen molar-refractivity contribution >= 4 is 39.2 Å². The molecule has 1 aromatic heterocycles. The number of halogens is 2. The predicted molar refractivity (Wildman–Crippen MR) is 80.9 cm³/mol. The van der Waals surface area contributed by atoms with E-state index in [1.54, 1.807) is 13.0 Å². The summed E-state index contributed by atoms with van der Waals surface area (Å²) in [5.41, 5.74) is 3.14. The van der Waals surface area contributed by atoms with Gasteiger partial charge in [0, 0.05) is 10.2 Å². The summed E-state index contributed by atoms with van der Waals surface area (Å²) < 4.78 is 17.0. The van der Waals surface area contributed by atoms with E-state index in [1.807, 2.05) is 28.8 Å². The maximum Gasteiger partial charge on any atom is 0.182 e. The number of aromatic amines is 1. The highest BCUT2D eigenvalue weighted by Gasteiger charge is 2.09. The second kappa shape index (κ2) is 4.58. The minimum absolute atomic E-state index is 0.230. The van der Waals surface area contributed by atoms with Crippen LogP contribution in [0.5, 0.6) is 0 Å². The van der Waals surface area contributed by atoms with Crippen LogP contribution < -0.4 is 0 Å². The summed E-state index contributed by atoms with van der Waals surface area (Å²) in [6, 6.07) is 11.1. The second-order valence-corrected chi connectivity index (χ2v) is 5.66. The summed E-state index contributed by atoms with van der Waals surface area (Å²) in [4.78, 5) is 3.03. The van der Waals surface area contributed by atoms with Crippen LogP contribution in [0.3, 0.4) is 0 Å². The van der Waals surface area contributed by atoms with Crippen LogP contribution in [0.15, 0.2) is 40.9 Å². The molecule has 0 radical (unpaired) electrons. The number of fused-ring (bicyclic) bond motifs is 1. The van der Waals surface area contributed by atoms with Crippen molar-refractivity contribution < 1.29 is 4.39 Å². The molecule has 0 saturated carbocycles. The number of H-pyrrole nitrogens is 1. The van der Waals surface area contributed by atoms with Crippen LogP contribution in [0.25, 0.3) is 16.7 Å². The Morgan fingerprint density at radius 1 is 1.21 bits per heavy atom. The van der Waals surface area contributed by atoms with Gasteiger partial charge in [0.1, 0.15) is 5.82 Å². The molecule has 0 aliphatic carbocycles. The average Bonchev–Trinajstić information content (AvgIpc) is 2.67. The first-order valence-electron chi connectivity index (χ1n) is 5.73. The van der Waals surface area contributed by atoms with E-state index in [1.165, 1.54) is 6.07 Å². The highest BCUT2D eigenvalue weighted by atomic mass is 79.9. The molecule has 0 unspecified atom stereocenters. The van der Waals surface area contributed by atoms with Crippen LogP contribution in [0, 0.1) is 17.5 Å². The largest absolute Gasteiger partial charge is 0.330 e. The Labute approximate surface area is 123 Å². The van der Waals surface area contributed by atoms with Gasteiger partial charge in [-0.05, 0) is 61.1 Å². The molecule has 3 aromatic rings. The van der Waals surface area contributed by atoms with Crippen molar-refractivity contribution in [3.63, 3.8) is 0 Å². The smallest absolute Gasteiger partial charge is 0.182 e. The lowest BCUT2D eigenvalue weighted by atomic mass is 10.2. The maximum absolute atomic E-state index is 13.6. The standard InChI is InChI=1S/C14H10BrFN2S/c1-8-6-13-12(7-11(8)16)17-14(19)18(13)10-4-2-9(15)3-5-10/h2-7H,1H3,(H,17,19). The molecule has 0 saturated heterocycles. The van der Waals surface area contributed by atoms with E-state index in [4.69, 9.17) is 12.2 Å². The fraction of sp³-hybridized carbons (Fsp3) is 0.0714. The van der Waals surface area contributed by atoms with Crippen molar-refractivity contribution in [3.8, 4) is 5.69 Å². The molecule has 0 spiro atoms. The van der Waals surface area contributed by atoms with Gasteiger partial charge in [0.2, 0.25) is 0 Å². The van der Waals surface area contributed by atoms with Crippen molar-refractivity contribution in [1.82, 2.24) is 9.55 Å². The molecule has 3 rings (SSSR count). The summed E-state index contributed by atoms with van der Waals surface area (Å²) in [7, 11) is 0. The number of aromatic nitrogens is 2. The Morgan fingerprint density at radius 2 is 1.89 bits per heavy atom. The van der Waals surface area contributed by atoms with Crippen LogP contribution in [0.1, 0.15) is 5.56 Å². The summed E-state index contributed by atoms with van der Waals surface area (Å²) in [6.07, 6.45) is 0. The molecule has 0 aliphatic rings. The van der Waals surface area contributed by atoms with Gasteiger partial charge in [-0.25, -0.2) is 4.39 Å². The molecule has 19 heavy (non-hydrogen) atoms. The Morgan fingerprint density at radius 3 is 2.58 bits per heavy atom. The van der Waals surface area contributed by atoms with Crippen molar-refractivity contribution in [3.05, 3.63) is 57.0 Å². The molecule has 2 aromatic carbocycles. The third-order valence-electron chi connectivity index (χ3n) is 3.05. The minimum Gasteiger partial charge on any atom is -0.330 e. The first kappa shape index (κ1) is 12.6. The van der Waals surface area contributed by atoms with E-state index in [-0.39, 0.29) is 5.82 Å². The van der Waals surface area contributed by atoms with Gasteiger partial charge in [0.05, 0.1) is 11.0 Å². The monoisotopic (exact) mass is 336 g/mol. The molecule has 0 bridgehead atoms. The Bertz CT molecular complexity index is 818. The van der Waals surface area contributed by atoms with E-state index in [0.29, 0.717) is 15.9 Å². The summed E-state index contributed by atoms with van der Waals surface area (Å²) in [5, 5.41) is 0. The fourth-order valence-corrected chi connectivity index (χ4v) is 2.66. The SMILES string of the molecule is Cc1cc2c(cc1F)[nH]c(=S)n2-c1ccc(Br)cc1. The molecule has 5 heteroatoms. The fourth-order valence-electron chi connectivity index (χ4n) is 2.08. The number of hydrogen-bond donors (Lipinski definition) is 1. The lowest BCUT2D eigenvalue weighted by Crippen LogP contribution is -1.94. The molecule has 0 aliphatic heterocycles. The minimum atomic E-state index is -0.230. The van der Waals surface area contributed by atoms with Crippen molar-refractivity contribution in [2.24, 2.45) is 0 Å². The molecule has 96 valence electrons. The number of hydrogen-bond acceptors (Lipinski definition) is 1. The zero-order valence-electron chi connectivity index (χ0n) is 10.1. The van der Waals surface area contributed by atoms with Crippen LogP contribution in [0.4, 0.5) is 4.39 Å². The first-order valence-corrected chi connectivity index (χ1v) is 6.93. The number of nitrogens with one attached hydrogen (secondary N) is 1. The molecule has 1 heterocycles. The van der Waals surface area contributed by atoms with Gasteiger partial charge in [0.15, 0.2) is 4.77 Å². The average molecular weight is 337 g/mol. The summed E-state index contributed by atoms with van der Waals surface area (Å²) in [6.45, 7) is 1.75. The Balaban J connectivity index is 2.34. The first-order chi connectivity index (χ1) is 9.06. The molecular weight excluding hydrogens is 327 g/mol. The molecule has 0 fully saturated rings. The zero-order valence-corrected chi connectivity index (χ0v) is 12.5. The molecular formula is C14H10BrFN2S. The van der Waals surface area contributed by atoms with E-state index in [2.05, 4.69) is 20.9 Å². The van der Waals surface area contributed by atoms with Crippen LogP contribution in [0.2, 0.25) is 0 Å². The third kappa shape index (κ3) is 2.13. The van der Waals surface area contributed by atoms with Crippen molar-refractivity contribution in [2.75, 3.05) is 0 Å². The van der Waals surface area contributed by atoms with Gasteiger partial charge in [-0.2, -0.15) is 0 Å². The van der Waals surface area contributed by atoms with Crippen LogP contribution in [-0.2, 0) is 0 Å². The van der Waals surface area contributed by atoms with Crippen molar-refractivity contribution in [1.29, 1.82) is 0 Å². The lowest BCUT2D eigenvalue weighted by Gasteiger charge is -2.05.